The second-order valence-electron chi connectivity index (χ2n) is 6.75. The SMILES string of the molecule is CCCC[O][Zr]([O]CCCC)([O]CCCC)[O]Cc1c(F)c(F)c(C)c(F)c1F. The first kappa shape index (κ1) is 26.7. The van der Waals surface area contributed by atoms with Crippen molar-refractivity contribution in [3.05, 3.63) is 34.4 Å². The van der Waals surface area contributed by atoms with Crippen molar-refractivity contribution in [2.24, 2.45) is 0 Å². The summed E-state index contributed by atoms with van der Waals surface area (Å²) in [4.78, 5) is 0. The number of halogens is 4. The second-order valence-corrected chi connectivity index (χ2v) is 12.1. The Hall–Kier alpha value is -0.337. The summed E-state index contributed by atoms with van der Waals surface area (Å²) in [6.07, 6.45) is 4.78. The molecule has 0 heterocycles. The average molecular weight is 504 g/mol. The Morgan fingerprint density at radius 3 is 1.34 bits per heavy atom. The topological polar surface area (TPSA) is 36.9 Å². The van der Waals surface area contributed by atoms with Gasteiger partial charge in [0.1, 0.15) is 0 Å². The van der Waals surface area contributed by atoms with Crippen LogP contribution < -0.4 is 0 Å². The van der Waals surface area contributed by atoms with Crippen LogP contribution in [0.3, 0.4) is 0 Å². The summed E-state index contributed by atoms with van der Waals surface area (Å²) in [5.41, 5.74) is -1.54. The molecule has 1 aromatic carbocycles. The van der Waals surface area contributed by atoms with Crippen LogP contribution in [-0.4, -0.2) is 19.8 Å². The van der Waals surface area contributed by atoms with Crippen LogP contribution >= 0.6 is 0 Å². The average Bonchev–Trinajstić information content (AvgIpc) is 2.71. The molecule has 9 heteroatoms. The van der Waals surface area contributed by atoms with E-state index in [9.17, 15) is 17.6 Å². The van der Waals surface area contributed by atoms with Gasteiger partial charge in [0, 0.05) is 0 Å². The number of hydrogen-bond acceptors (Lipinski definition) is 4. The standard InChI is InChI=1S/C8H5F4O.3C4H9O.Zr/c1-3-5(9)7(11)4(2-13)8(12)6(3)10;3*1-2-3-4-5;/h2H2,1H3;3*2-4H2,1H3;/q4*-1;+4. The van der Waals surface area contributed by atoms with Gasteiger partial charge in [-0.05, 0) is 0 Å². The molecule has 0 aromatic heterocycles. The van der Waals surface area contributed by atoms with Crippen molar-refractivity contribution < 1.29 is 50.8 Å². The van der Waals surface area contributed by atoms with Crippen molar-refractivity contribution in [3.63, 3.8) is 0 Å². The summed E-state index contributed by atoms with van der Waals surface area (Å²) in [7, 11) is 0. The van der Waals surface area contributed by atoms with Crippen LogP contribution in [0.1, 0.15) is 70.4 Å². The summed E-state index contributed by atoms with van der Waals surface area (Å²) < 4.78 is 79.5. The first-order valence-corrected chi connectivity index (χ1v) is 14.2. The summed E-state index contributed by atoms with van der Waals surface area (Å²) in [6.45, 7) is 7.14. The van der Waals surface area contributed by atoms with Gasteiger partial charge in [-0.2, -0.15) is 0 Å². The van der Waals surface area contributed by atoms with Crippen LogP contribution in [0.15, 0.2) is 0 Å². The van der Waals surface area contributed by atoms with E-state index >= 15 is 0 Å². The predicted molar refractivity (Wildman–Crippen MR) is 98.4 cm³/mol. The molecule has 0 atom stereocenters. The number of rotatable bonds is 15. The number of hydrogen-bond donors (Lipinski definition) is 0. The van der Waals surface area contributed by atoms with E-state index in [1.165, 1.54) is 0 Å². The molecule has 0 bridgehead atoms. The summed E-state index contributed by atoms with van der Waals surface area (Å²) >= 11 is -4.66. The van der Waals surface area contributed by atoms with E-state index in [4.69, 9.17) is 11.3 Å². The van der Waals surface area contributed by atoms with E-state index in [0.29, 0.717) is 19.8 Å². The molecule has 29 heavy (non-hydrogen) atoms. The molecule has 0 saturated heterocycles. The van der Waals surface area contributed by atoms with Crippen molar-refractivity contribution in [2.75, 3.05) is 19.8 Å². The molecule has 0 radical (unpaired) electrons. The minimum absolute atomic E-state index is 0.312. The van der Waals surface area contributed by atoms with Gasteiger partial charge in [0.2, 0.25) is 0 Å². The summed E-state index contributed by atoms with van der Waals surface area (Å²) in [5.74, 6) is -5.82. The van der Waals surface area contributed by atoms with E-state index in [-0.39, 0.29) is 0 Å². The fourth-order valence-corrected chi connectivity index (χ4v) is 7.27. The molecule has 0 unspecified atom stereocenters. The third-order valence-corrected chi connectivity index (χ3v) is 9.63. The Bertz CT molecular complexity index is 575. The molecule has 1 aromatic rings. The van der Waals surface area contributed by atoms with Crippen molar-refractivity contribution in [1.82, 2.24) is 0 Å². The van der Waals surface area contributed by atoms with E-state index in [1.54, 1.807) is 0 Å². The quantitative estimate of drug-likeness (QED) is 0.159. The summed E-state index contributed by atoms with van der Waals surface area (Å²) in [6, 6.07) is 0. The molecule has 0 aliphatic heterocycles. The maximum atomic E-state index is 14.2. The molecule has 1 rings (SSSR count). The van der Waals surface area contributed by atoms with Crippen LogP contribution in [0, 0.1) is 30.2 Å². The van der Waals surface area contributed by atoms with Gasteiger partial charge in [-0.1, -0.05) is 0 Å². The van der Waals surface area contributed by atoms with Gasteiger partial charge in [-0.15, -0.1) is 0 Å². The number of unbranched alkanes of at least 4 members (excludes halogenated alkanes) is 3. The van der Waals surface area contributed by atoms with Gasteiger partial charge in [0.15, 0.2) is 0 Å². The maximum absolute atomic E-state index is 14.2. The molecule has 0 fully saturated rings. The van der Waals surface area contributed by atoms with Crippen LogP contribution in [0.5, 0.6) is 0 Å². The third kappa shape index (κ3) is 8.02. The van der Waals surface area contributed by atoms with Gasteiger partial charge in [-0.25, -0.2) is 0 Å². The van der Waals surface area contributed by atoms with E-state index < -0.39 is 63.0 Å². The summed E-state index contributed by atoms with van der Waals surface area (Å²) in [5, 5.41) is 0. The van der Waals surface area contributed by atoms with Gasteiger partial charge in [-0.3, -0.25) is 0 Å². The monoisotopic (exact) mass is 502 g/mol. The molecular weight excluding hydrogens is 471 g/mol. The Kier molecular flexibility index (Phi) is 12.8. The Morgan fingerprint density at radius 2 is 1.00 bits per heavy atom. The first-order valence-electron chi connectivity index (χ1n) is 10.2. The first-order chi connectivity index (χ1) is 13.8. The number of benzene rings is 1. The zero-order valence-electron chi connectivity index (χ0n) is 17.7. The van der Waals surface area contributed by atoms with Crippen molar-refractivity contribution >= 4 is 0 Å². The fraction of sp³-hybridized carbons (Fsp3) is 0.700. The van der Waals surface area contributed by atoms with Crippen molar-refractivity contribution in [3.8, 4) is 0 Å². The van der Waals surface area contributed by atoms with Gasteiger partial charge >= 0.3 is 178 Å². The fourth-order valence-electron chi connectivity index (χ4n) is 2.35. The minimum atomic E-state index is -4.66. The Balaban J connectivity index is 3.10. The normalized spacial score (nSPS) is 12.0. The van der Waals surface area contributed by atoms with Crippen LogP contribution in [0.25, 0.3) is 0 Å². The molecule has 0 aliphatic rings. The third-order valence-electron chi connectivity index (χ3n) is 4.30. The van der Waals surface area contributed by atoms with Gasteiger partial charge < -0.3 is 0 Å². The van der Waals surface area contributed by atoms with Gasteiger partial charge in [0.05, 0.1) is 0 Å². The van der Waals surface area contributed by atoms with Crippen LogP contribution in [0.2, 0.25) is 0 Å². The molecule has 0 saturated carbocycles. The van der Waals surface area contributed by atoms with Crippen molar-refractivity contribution in [2.45, 2.75) is 72.8 Å². The molecule has 4 nitrogen and oxygen atoms in total. The van der Waals surface area contributed by atoms with E-state index in [0.717, 1.165) is 45.4 Å². The zero-order chi connectivity index (χ0) is 21.9. The predicted octanol–water partition coefficient (Wildman–Crippen LogP) is 6.33. The molecular formula is C20H32F4O4Zr. The molecule has 0 spiro atoms. The Labute approximate surface area is 177 Å². The molecule has 0 N–H and O–H groups in total. The second kappa shape index (κ2) is 13.9. The zero-order valence-corrected chi connectivity index (χ0v) is 20.2. The molecule has 0 amide bonds. The van der Waals surface area contributed by atoms with Gasteiger partial charge in [0.25, 0.3) is 0 Å². The van der Waals surface area contributed by atoms with E-state index in [1.807, 2.05) is 20.8 Å². The van der Waals surface area contributed by atoms with Crippen LogP contribution in [0.4, 0.5) is 17.6 Å². The van der Waals surface area contributed by atoms with Crippen molar-refractivity contribution in [1.29, 1.82) is 0 Å². The van der Waals surface area contributed by atoms with Crippen LogP contribution in [-0.2, 0) is 39.9 Å². The van der Waals surface area contributed by atoms with E-state index in [2.05, 4.69) is 0 Å². The Morgan fingerprint density at radius 1 is 0.621 bits per heavy atom. The molecule has 168 valence electrons. The molecule has 0 aliphatic carbocycles.